The summed E-state index contributed by atoms with van der Waals surface area (Å²) in [5.41, 5.74) is 5.86. The molecule has 5 nitrogen and oxygen atoms in total. The average Bonchev–Trinajstić information content (AvgIpc) is 2.13. The van der Waals surface area contributed by atoms with Gasteiger partial charge in [-0.2, -0.15) is 0 Å². The summed E-state index contributed by atoms with van der Waals surface area (Å²) in [7, 11) is 0. The van der Waals surface area contributed by atoms with Crippen LogP contribution in [0.1, 0.15) is 23.9 Å². The van der Waals surface area contributed by atoms with E-state index in [2.05, 4.69) is 9.97 Å². The summed E-state index contributed by atoms with van der Waals surface area (Å²) >= 11 is 0. The third-order valence-corrected chi connectivity index (χ3v) is 1.91. The van der Waals surface area contributed by atoms with Gasteiger partial charge in [0.1, 0.15) is 11.7 Å². The Hall–Kier alpha value is -1.49. The van der Waals surface area contributed by atoms with Crippen LogP contribution >= 0.6 is 0 Å². The van der Waals surface area contributed by atoms with Crippen molar-refractivity contribution in [1.29, 1.82) is 0 Å². The van der Waals surface area contributed by atoms with Crippen molar-refractivity contribution in [1.82, 2.24) is 9.97 Å². The monoisotopic (exact) mass is 195 g/mol. The normalized spacial score (nSPS) is 12.4. The van der Waals surface area contributed by atoms with Crippen LogP contribution in [0.4, 0.5) is 0 Å². The average molecular weight is 195 g/mol. The maximum absolute atomic E-state index is 10.9. The lowest BCUT2D eigenvalue weighted by molar-refractivity contribution is -0.139. The molecule has 3 N–H and O–H groups in total. The molecule has 0 aliphatic carbocycles. The van der Waals surface area contributed by atoms with Crippen molar-refractivity contribution in [2.45, 2.75) is 19.3 Å². The maximum atomic E-state index is 10.9. The maximum Gasteiger partial charge on any atom is 0.312 e. The van der Waals surface area contributed by atoms with E-state index in [1.165, 1.54) is 0 Å². The zero-order valence-electron chi connectivity index (χ0n) is 7.97. The van der Waals surface area contributed by atoms with Crippen LogP contribution in [0, 0.1) is 6.92 Å². The lowest BCUT2D eigenvalue weighted by Crippen LogP contribution is -2.17. The molecule has 5 heteroatoms. The van der Waals surface area contributed by atoms with Crippen LogP contribution < -0.4 is 5.73 Å². The van der Waals surface area contributed by atoms with Crippen LogP contribution in [0.2, 0.25) is 0 Å². The van der Waals surface area contributed by atoms with Crippen molar-refractivity contribution in [2.75, 3.05) is 6.54 Å². The molecule has 0 saturated heterocycles. The summed E-state index contributed by atoms with van der Waals surface area (Å²) in [5.74, 6) is -0.943. The summed E-state index contributed by atoms with van der Waals surface area (Å²) in [6.07, 6.45) is 1.95. The SMILES string of the molecule is Cc1nccc(C(CCN)C(=O)O)n1. The summed E-state index contributed by atoms with van der Waals surface area (Å²) in [6, 6.07) is 1.61. The number of aromatic nitrogens is 2. The van der Waals surface area contributed by atoms with Gasteiger partial charge in [-0.25, -0.2) is 9.97 Å². The largest absolute Gasteiger partial charge is 0.481 e. The van der Waals surface area contributed by atoms with Gasteiger partial charge in [-0.3, -0.25) is 4.79 Å². The zero-order valence-corrected chi connectivity index (χ0v) is 7.97. The zero-order chi connectivity index (χ0) is 10.6. The molecule has 14 heavy (non-hydrogen) atoms. The van der Waals surface area contributed by atoms with Crippen LogP contribution in [-0.4, -0.2) is 27.6 Å². The molecule has 1 atom stereocenters. The van der Waals surface area contributed by atoms with Crippen molar-refractivity contribution >= 4 is 5.97 Å². The molecule has 0 aliphatic rings. The van der Waals surface area contributed by atoms with E-state index in [4.69, 9.17) is 10.8 Å². The molecule has 1 unspecified atom stereocenters. The number of hydrogen-bond donors (Lipinski definition) is 2. The smallest absolute Gasteiger partial charge is 0.312 e. The van der Waals surface area contributed by atoms with Crippen LogP contribution in [-0.2, 0) is 4.79 Å². The predicted octanol–water partition coefficient (Wildman–Crippen LogP) is 0.302. The van der Waals surface area contributed by atoms with E-state index in [1.54, 1.807) is 19.2 Å². The van der Waals surface area contributed by atoms with Gasteiger partial charge in [0.15, 0.2) is 0 Å². The molecule has 0 amide bonds. The second-order valence-corrected chi connectivity index (χ2v) is 3.00. The third-order valence-electron chi connectivity index (χ3n) is 1.91. The summed E-state index contributed by atoms with van der Waals surface area (Å²) in [4.78, 5) is 18.9. The molecular weight excluding hydrogens is 182 g/mol. The first kappa shape index (κ1) is 10.6. The second-order valence-electron chi connectivity index (χ2n) is 3.00. The van der Waals surface area contributed by atoms with E-state index in [9.17, 15) is 4.79 Å². The van der Waals surface area contributed by atoms with Gasteiger partial charge in [0, 0.05) is 6.20 Å². The standard InChI is InChI=1S/C9H13N3O2/c1-6-11-5-3-8(12-6)7(2-4-10)9(13)14/h3,5,7H,2,4,10H2,1H3,(H,13,14). The molecule has 0 aromatic carbocycles. The molecule has 0 spiro atoms. The van der Waals surface area contributed by atoms with Crippen LogP contribution in [0.3, 0.4) is 0 Å². The van der Waals surface area contributed by atoms with Crippen molar-refractivity contribution in [3.8, 4) is 0 Å². The minimum absolute atomic E-state index is 0.333. The number of nitrogens with zero attached hydrogens (tertiary/aromatic N) is 2. The fourth-order valence-electron chi connectivity index (χ4n) is 1.23. The number of carboxylic acids is 1. The molecule has 0 aliphatic heterocycles. The van der Waals surface area contributed by atoms with Crippen LogP contribution in [0.25, 0.3) is 0 Å². The molecule has 1 aromatic heterocycles. The first-order valence-corrected chi connectivity index (χ1v) is 4.37. The summed E-state index contributed by atoms with van der Waals surface area (Å²) < 4.78 is 0. The molecule has 0 saturated carbocycles. The Kier molecular flexibility index (Phi) is 3.53. The number of aryl methyl sites for hydroxylation is 1. The van der Waals surface area contributed by atoms with Crippen LogP contribution in [0.5, 0.6) is 0 Å². The Morgan fingerprint density at radius 1 is 1.71 bits per heavy atom. The molecule has 1 heterocycles. The highest BCUT2D eigenvalue weighted by Crippen LogP contribution is 2.16. The highest BCUT2D eigenvalue weighted by Gasteiger charge is 2.20. The van der Waals surface area contributed by atoms with Gasteiger partial charge in [0.25, 0.3) is 0 Å². The number of hydrogen-bond acceptors (Lipinski definition) is 4. The minimum Gasteiger partial charge on any atom is -0.481 e. The molecular formula is C9H13N3O2. The predicted molar refractivity (Wildman–Crippen MR) is 50.8 cm³/mol. The van der Waals surface area contributed by atoms with Gasteiger partial charge in [0.2, 0.25) is 0 Å². The van der Waals surface area contributed by atoms with E-state index >= 15 is 0 Å². The van der Waals surface area contributed by atoms with E-state index in [-0.39, 0.29) is 0 Å². The Bertz CT molecular complexity index is 328. The molecule has 1 rings (SSSR count). The van der Waals surface area contributed by atoms with Gasteiger partial charge >= 0.3 is 5.97 Å². The molecule has 76 valence electrons. The number of carbonyl (C=O) groups is 1. The fraction of sp³-hybridized carbons (Fsp3) is 0.444. The van der Waals surface area contributed by atoms with Gasteiger partial charge in [0.05, 0.1) is 5.69 Å². The van der Waals surface area contributed by atoms with E-state index in [0.29, 0.717) is 24.5 Å². The van der Waals surface area contributed by atoms with Crippen molar-refractivity contribution in [3.63, 3.8) is 0 Å². The van der Waals surface area contributed by atoms with Crippen molar-refractivity contribution in [3.05, 3.63) is 23.8 Å². The molecule has 1 aromatic rings. The Morgan fingerprint density at radius 2 is 2.43 bits per heavy atom. The summed E-state index contributed by atoms with van der Waals surface area (Å²) in [6.45, 7) is 2.06. The highest BCUT2D eigenvalue weighted by atomic mass is 16.4. The lowest BCUT2D eigenvalue weighted by Gasteiger charge is -2.10. The molecule has 0 radical (unpaired) electrons. The molecule has 0 fully saturated rings. The number of carboxylic acid groups (broad SMARTS) is 1. The third kappa shape index (κ3) is 2.50. The Balaban J connectivity index is 2.93. The van der Waals surface area contributed by atoms with Gasteiger partial charge in [-0.15, -0.1) is 0 Å². The van der Waals surface area contributed by atoms with Gasteiger partial charge < -0.3 is 10.8 Å². The highest BCUT2D eigenvalue weighted by molar-refractivity contribution is 5.75. The number of aliphatic carboxylic acids is 1. The van der Waals surface area contributed by atoms with Gasteiger partial charge in [-0.1, -0.05) is 0 Å². The topological polar surface area (TPSA) is 89.1 Å². The quantitative estimate of drug-likeness (QED) is 0.721. The molecule has 0 bridgehead atoms. The fourth-order valence-corrected chi connectivity index (χ4v) is 1.23. The summed E-state index contributed by atoms with van der Waals surface area (Å²) in [5, 5.41) is 8.93. The Morgan fingerprint density at radius 3 is 2.93 bits per heavy atom. The lowest BCUT2D eigenvalue weighted by atomic mass is 10.0. The first-order chi connectivity index (χ1) is 6.65. The number of rotatable bonds is 4. The van der Waals surface area contributed by atoms with E-state index in [0.717, 1.165) is 0 Å². The van der Waals surface area contributed by atoms with Gasteiger partial charge in [-0.05, 0) is 26.0 Å². The van der Waals surface area contributed by atoms with E-state index < -0.39 is 11.9 Å². The van der Waals surface area contributed by atoms with E-state index in [1.807, 2.05) is 0 Å². The Labute approximate surface area is 82.0 Å². The van der Waals surface area contributed by atoms with Crippen molar-refractivity contribution < 1.29 is 9.90 Å². The minimum atomic E-state index is -0.895. The van der Waals surface area contributed by atoms with Crippen molar-refractivity contribution in [2.24, 2.45) is 5.73 Å². The second kappa shape index (κ2) is 4.66. The first-order valence-electron chi connectivity index (χ1n) is 4.37. The number of nitrogens with two attached hydrogens (primary N) is 1. The van der Waals surface area contributed by atoms with Crippen LogP contribution in [0.15, 0.2) is 12.3 Å².